The van der Waals surface area contributed by atoms with Gasteiger partial charge in [0.05, 0.1) is 5.41 Å². The Bertz CT molecular complexity index is 534. The summed E-state index contributed by atoms with van der Waals surface area (Å²) >= 11 is 0. The lowest BCUT2D eigenvalue weighted by Crippen LogP contribution is -2.52. The summed E-state index contributed by atoms with van der Waals surface area (Å²) in [4.78, 5) is 11.9. The minimum Gasteiger partial charge on any atom is -0.481 e. The molecule has 2 saturated carbocycles. The maximum absolute atomic E-state index is 11.9. The summed E-state index contributed by atoms with van der Waals surface area (Å²) in [5, 5.41) is 9.84. The smallest absolute Gasteiger partial charge is 0.309 e. The average Bonchev–Trinajstić information content (AvgIpc) is 2.46. The predicted molar refractivity (Wildman–Crippen MR) is 89.5 cm³/mol. The van der Waals surface area contributed by atoms with Gasteiger partial charge in [0.1, 0.15) is 0 Å². The van der Waals surface area contributed by atoms with E-state index in [1.54, 1.807) is 5.57 Å². The fourth-order valence-electron chi connectivity index (χ4n) is 5.87. The maximum atomic E-state index is 11.9. The fraction of sp³-hybridized carbons (Fsp3) is 0.750. The van der Waals surface area contributed by atoms with Gasteiger partial charge in [0.2, 0.25) is 0 Å². The Kier molecular flexibility index (Phi) is 3.58. The van der Waals surface area contributed by atoms with E-state index in [0.29, 0.717) is 11.8 Å². The first-order valence-electron chi connectivity index (χ1n) is 8.83. The van der Waals surface area contributed by atoms with Gasteiger partial charge in [-0.2, -0.15) is 0 Å². The Labute approximate surface area is 134 Å². The Morgan fingerprint density at radius 3 is 2.68 bits per heavy atom. The van der Waals surface area contributed by atoms with Gasteiger partial charge in [-0.05, 0) is 68.1 Å². The molecule has 0 aromatic heterocycles. The van der Waals surface area contributed by atoms with E-state index in [2.05, 4.69) is 32.6 Å². The number of rotatable bonds is 2. The quantitative estimate of drug-likeness (QED) is 0.711. The lowest BCUT2D eigenvalue weighted by Gasteiger charge is -2.58. The molecule has 0 spiro atoms. The second kappa shape index (κ2) is 4.97. The van der Waals surface area contributed by atoms with Crippen LogP contribution in [0.3, 0.4) is 0 Å². The maximum Gasteiger partial charge on any atom is 0.309 e. The van der Waals surface area contributed by atoms with Crippen LogP contribution in [-0.4, -0.2) is 11.1 Å². The summed E-state index contributed by atoms with van der Waals surface area (Å²) < 4.78 is 0. The van der Waals surface area contributed by atoms with Crippen LogP contribution >= 0.6 is 0 Å². The molecule has 2 nitrogen and oxygen atoms in total. The topological polar surface area (TPSA) is 37.3 Å². The molecule has 0 saturated heterocycles. The van der Waals surface area contributed by atoms with E-state index in [-0.39, 0.29) is 10.8 Å². The third-order valence-corrected chi connectivity index (χ3v) is 7.32. The molecule has 3 aliphatic rings. The second-order valence-corrected chi connectivity index (χ2v) is 8.75. The SMILES string of the molecule is C=C[C@@]1(C)CC=C2[C@@H](CC[C@H]3[C@](C)(C(=O)O)CCC[C@@]23C)C1. The van der Waals surface area contributed by atoms with E-state index < -0.39 is 11.4 Å². The molecule has 3 rings (SSSR count). The Balaban J connectivity index is 1.99. The molecular formula is C20H30O2. The first-order valence-corrected chi connectivity index (χ1v) is 8.83. The Hall–Kier alpha value is -1.05. The largest absolute Gasteiger partial charge is 0.481 e. The lowest BCUT2D eigenvalue weighted by molar-refractivity contribution is -0.160. The van der Waals surface area contributed by atoms with E-state index in [9.17, 15) is 9.90 Å². The molecule has 0 amide bonds. The minimum atomic E-state index is -0.589. The number of carbonyl (C=O) groups is 1. The first-order chi connectivity index (χ1) is 10.3. The van der Waals surface area contributed by atoms with Gasteiger partial charge in [0.25, 0.3) is 0 Å². The van der Waals surface area contributed by atoms with Crippen molar-refractivity contribution in [2.45, 2.75) is 65.7 Å². The van der Waals surface area contributed by atoms with Crippen LogP contribution in [0.5, 0.6) is 0 Å². The highest BCUT2D eigenvalue weighted by atomic mass is 16.4. The summed E-state index contributed by atoms with van der Waals surface area (Å²) in [5.41, 5.74) is 1.35. The van der Waals surface area contributed by atoms with Crippen molar-refractivity contribution in [3.8, 4) is 0 Å². The van der Waals surface area contributed by atoms with Crippen molar-refractivity contribution in [1.29, 1.82) is 0 Å². The molecule has 0 bridgehead atoms. The molecule has 0 aliphatic heterocycles. The van der Waals surface area contributed by atoms with E-state index in [4.69, 9.17) is 0 Å². The number of hydrogen-bond donors (Lipinski definition) is 1. The monoisotopic (exact) mass is 302 g/mol. The number of allylic oxidation sites excluding steroid dienone is 3. The Morgan fingerprint density at radius 1 is 1.32 bits per heavy atom. The number of carboxylic acid groups (broad SMARTS) is 1. The van der Waals surface area contributed by atoms with E-state index >= 15 is 0 Å². The van der Waals surface area contributed by atoms with E-state index in [1.807, 2.05) is 6.92 Å². The van der Waals surface area contributed by atoms with Gasteiger partial charge in [-0.25, -0.2) is 0 Å². The molecule has 0 radical (unpaired) electrons. The molecule has 0 aromatic rings. The highest BCUT2D eigenvalue weighted by Crippen LogP contribution is 2.63. The molecule has 3 aliphatic carbocycles. The van der Waals surface area contributed by atoms with E-state index in [0.717, 1.165) is 38.5 Å². The van der Waals surface area contributed by atoms with Crippen LogP contribution in [0.4, 0.5) is 0 Å². The van der Waals surface area contributed by atoms with Crippen LogP contribution in [0, 0.1) is 28.1 Å². The number of aliphatic carboxylic acids is 1. The van der Waals surface area contributed by atoms with Gasteiger partial charge in [0, 0.05) is 0 Å². The zero-order valence-electron chi connectivity index (χ0n) is 14.3. The molecule has 5 atom stereocenters. The van der Waals surface area contributed by atoms with Gasteiger partial charge in [-0.3, -0.25) is 4.79 Å². The molecular weight excluding hydrogens is 272 g/mol. The number of hydrogen-bond acceptors (Lipinski definition) is 1. The lowest BCUT2D eigenvalue weighted by atomic mass is 9.46. The highest BCUT2D eigenvalue weighted by molar-refractivity contribution is 5.75. The summed E-state index contributed by atoms with van der Waals surface area (Å²) in [6.45, 7) is 10.7. The van der Waals surface area contributed by atoms with Crippen LogP contribution in [-0.2, 0) is 4.79 Å². The third kappa shape index (κ3) is 2.10. The van der Waals surface area contributed by atoms with E-state index in [1.165, 1.54) is 6.42 Å². The summed E-state index contributed by atoms with van der Waals surface area (Å²) in [7, 11) is 0. The van der Waals surface area contributed by atoms with Crippen LogP contribution in [0.15, 0.2) is 24.3 Å². The van der Waals surface area contributed by atoms with Gasteiger partial charge in [0.15, 0.2) is 0 Å². The van der Waals surface area contributed by atoms with Crippen molar-refractivity contribution < 1.29 is 9.90 Å². The Morgan fingerprint density at radius 2 is 2.05 bits per heavy atom. The molecule has 2 heteroatoms. The van der Waals surface area contributed by atoms with Crippen molar-refractivity contribution in [2.24, 2.45) is 28.1 Å². The van der Waals surface area contributed by atoms with Gasteiger partial charge >= 0.3 is 5.97 Å². The fourth-order valence-corrected chi connectivity index (χ4v) is 5.87. The molecule has 2 fully saturated rings. The third-order valence-electron chi connectivity index (χ3n) is 7.32. The van der Waals surface area contributed by atoms with Crippen molar-refractivity contribution >= 4 is 5.97 Å². The van der Waals surface area contributed by atoms with Gasteiger partial charge < -0.3 is 5.11 Å². The second-order valence-electron chi connectivity index (χ2n) is 8.75. The van der Waals surface area contributed by atoms with Crippen molar-refractivity contribution in [3.05, 3.63) is 24.3 Å². The van der Waals surface area contributed by atoms with Crippen molar-refractivity contribution in [1.82, 2.24) is 0 Å². The van der Waals surface area contributed by atoms with Gasteiger partial charge in [-0.15, -0.1) is 6.58 Å². The van der Waals surface area contributed by atoms with Crippen molar-refractivity contribution in [3.63, 3.8) is 0 Å². The molecule has 122 valence electrons. The van der Waals surface area contributed by atoms with Crippen LogP contribution in [0.25, 0.3) is 0 Å². The van der Waals surface area contributed by atoms with Crippen molar-refractivity contribution in [2.75, 3.05) is 0 Å². The molecule has 1 N–H and O–H groups in total. The number of fused-ring (bicyclic) bond motifs is 3. The normalized spacial score (nSPS) is 47.9. The highest BCUT2D eigenvalue weighted by Gasteiger charge is 2.57. The standard InChI is InChI=1S/C20H30O2/c1-5-18(2)12-9-15-14(13-18)7-8-16-19(15,3)10-6-11-20(16,4)17(21)22/h5,9,14,16H,1,6-8,10-13H2,2-4H3,(H,21,22)/t14-,16+,18-,19-,20+/m0/s1. The van der Waals surface area contributed by atoms with Crippen LogP contribution in [0.1, 0.15) is 65.7 Å². The first kappa shape index (κ1) is 15.8. The average molecular weight is 302 g/mol. The van der Waals surface area contributed by atoms with Crippen LogP contribution in [0.2, 0.25) is 0 Å². The molecule has 0 aromatic carbocycles. The zero-order chi connectivity index (χ0) is 16.2. The summed E-state index contributed by atoms with van der Waals surface area (Å²) in [6, 6.07) is 0. The van der Waals surface area contributed by atoms with Gasteiger partial charge in [-0.1, -0.05) is 38.0 Å². The van der Waals surface area contributed by atoms with Crippen LogP contribution < -0.4 is 0 Å². The minimum absolute atomic E-state index is 0.0941. The number of carboxylic acids is 1. The zero-order valence-corrected chi connectivity index (χ0v) is 14.3. The summed E-state index contributed by atoms with van der Waals surface area (Å²) in [6.07, 6.45) is 12.1. The molecule has 0 unspecified atom stereocenters. The predicted octanol–water partition coefficient (Wildman–Crippen LogP) is 5.21. The molecule has 0 heterocycles. The molecule has 22 heavy (non-hydrogen) atoms. The summed E-state index contributed by atoms with van der Waals surface area (Å²) in [5.74, 6) is 0.338.